The highest BCUT2D eigenvalue weighted by Crippen LogP contribution is 2.12. The molecule has 0 fully saturated rings. The number of aromatic nitrogens is 1. The van der Waals surface area contributed by atoms with E-state index in [1.54, 1.807) is 29.0 Å². The molecule has 0 unspecified atom stereocenters. The smallest absolute Gasteiger partial charge is 0.213 e. The number of benzene rings is 2. The summed E-state index contributed by atoms with van der Waals surface area (Å²) in [5.74, 6) is -0.193. The number of carbonyl (C=O) groups excluding carboxylic acids is 1. The average molecular weight is 354 g/mol. The minimum atomic E-state index is -0.193. The molecule has 3 aromatic rings. The highest BCUT2D eigenvalue weighted by Gasteiger charge is 2.16. The Bertz CT molecular complexity index is 1050. The summed E-state index contributed by atoms with van der Waals surface area (Å²) in [4.78, 5) is 12.9. The van der Waals surface area contributed by atoms with E-state index in [1.165, 1.54) is 0 Å². The van der Waals surface area contributed by atoms with Gasteiger partial charge in [0.1, 0.15) is 17.5 Å². The largest absolute Gasteiger partial charge is 0.339 e. The summed E-state index contributed by atoms with van der Waals surface area (Å²) in [6, 6.07) is 22.1. The van der Waals surface area contributed by atoms with Crippen LogP contribution < -0.4 is 0 Å². The summed E-state index contributed by atoms with van der Waals surface area (Å²) >= 11 is 0. The van der Waals surface area contributed by atoms with Crippen molar-refractivity contribution in [3.63, 3.8) is 0 Å². The molecule has 0 saturated heterocycles. The minimum absolute atomic E-state index is 0.193. The van der Waals surface area contributed by atoms with Gasteiger partial charge in [-0.2, -0.15) is 10.4 Å². The molecule has 2 aromatic carbocycles. The van der Waals surface area contributed by atoms with Crippen molar-refractivity contribution >= 4 is 17.7 Å². The Morgan fingerprint density at radius 3 is 2.19 bits per heavy atom. The van der Waals surface area contributed by atoms with E-state index in [2.05, 4.69) is 16.3 Å². The second-order valence-corrected chi connectivity index (χ2v) is 6.00. The third kappa shape index (κ3) is 3.91. The molecule has 0 amide bonds. The van der Waals surface area contributed by atoms with Crippen molar-refractivity contribution in [3.8, 4) is 6.07 Å². The second kappa shape index (κ2) is 8.07. The van der Waals surface area contributed by atoms with E-state index in [0.29, 0.717) is 16.8 Å². The molecule has 0 aliphatic heterocycles. The first-order valence-electron chi connectivity index (χ1n) is 8.44. The number of Topliss-reactive ketones (excluding diaryl/α,β-unsaturated/α-hetero) is 1. The Kier molecular flexibility index (Phi) is 5.38. The molecule has 1 aromatic heterocycles. The summed E-state index contributed by atoms with van der Waals surface area (Å²) in [6.45, 7) is 1.90. The van der Waals surface area contributed by atoms with Crippen molar-refractivity contribution in [2.24, 2.45) is 17.3 Å². The second-order valence-electron chi connectivity index (χ2n) is 6.00. The fourth-order valence-electron chi connectivity index (χ4n) is 2.67. The molecule has 27 heavy (non-hydrogen) atoms. The predicted octanol–water partition coefficient (Wildman–Crippen LogP) is 3.91. The van der Waals surface area contributed by atoms with Crippen LogP contribution in [-0.4, -0.2) is 22.3 Å². The molecule has 3 rings (SSSR count). The number of carbonyl (C=O) groups is 1. The third-order valence-corrected chi connectivity index (χ3v) is 4.34. The molecule has 0 saturated carbocycles. The number of nitrogens with zero attached hydrogens (tertiary/aromatic N) is 4. The van der Waals surface area contributed by atoms with Gasteiger partial charge in [0.15, 0.2) is 0 Å². The molecular formula is C22H18N4O. The van der Waals surface area contributed by atoms with Gasteiger partial charge in [0.25, 0.3) is 0 Å². The van der Waals surface area contributed by atoms with E-state index in [9.17, 15) is 4.79 Å². The minimum Gasteiger partial charge on any atom is -0.339 e. The van der Waals surface area contributed by atoms with Crippen molar-refractivity contribution in [3.05, 3.63) is 94.8 Å². The molecule has 5 heteroatoms. The van der Waals surface area contributed by atoms with E-state index >= 15 is 0 Å². The van der Waals surface area contributed by atoms with Gasteiger partial charge in [-0.1, -0.05) is 60.7 Å². The first-order valence-corrected chi connectivity index (χ1v) is 8.44. The van der Waals surface area contributed by atoms with Gasteiger partial charge in [-0.25, -0.2) is 0 Å². The van der Waals surface area contributed by atoms with Crippen LogP contribution in [0.1, 0.15) is 32.9 Å². The number of hydrogen-bond acceptors (Lipinski definition) is 4. The topological polar surface area (TPSA) is 70.5 Å². The lowest BCUT2D eigenvalue weighted by atomic mass is 10.0. The van der Waals surface area contributed by atoms with Crippen LogP contribution in [0.3, 0.4) is 0 Å². The van der Waals surface area contributed by atoms with Gasteiger partial charge in [0, 0.05) is 29.4 Å². The SMILES string of the molecule is Cc1c(/C=N\N=C(/C(=O)c2ccccc2)c2ccccc2)cc(C#N)n1C. The van der Waals surface area contributed by atoms with Gasteiger partial charge >= 0.3 is 0 Å². The maximum atomic E-state index is 12.9. The van der Waals surface area contributed by atoms with Gasteiger partial charge in [0.2, 0.25) is 5.78 Å². The zero-order chi connectivity index (χ0) is 19.2. The van der Waals surface area contributed by atoms with E-state index in [1.807, 2.05) is 62.5 Å². The molecule has 0 atom stereocenters. The normalized spacial score (nSPS) is 11.5. The molecule has 5 nitrogen and oxygen atoms in total. The Morgan fingerprint density at radius 2 is 1.63 bits per heavy atom. The monoisotopic (exact) mass is 354 g/mol. The fraction of sp³-hybridized carbons (Fsp3) is 0.0909. The maximum Gasteiger partial charge on any atom is 0.213 e. The van der Waals surface area contributed by atoms with Gasteiger partial charge in [-0.15, -0.1) is 5.10 Å². The van der Waals surface area contributed by atoms with Crippen LogP contribution in [0.2, 0.25) is 0 Å². The Morgan fingerprint density at radius 1 is 1.04 bits per heavy atom. The zero-order valence-corrected chi connectivity index (χ0v) is 15.1. The van der Waals surface area contributed by atoms with Gasteiger partial charge in [0.05, 0.1) is 6.21 Å². The maximum absolute atomic E-state index is 12.9. The van der Waals surface area contributed by atoms with Gasteiger partial charge in [-0.05, 0) is 13.0 Å². The summed E-state index contributed by atoms with van der Waals surface area (Å²) in [5.41, 5.74) is 3.76. The molecule has 0 spiro atoms. The highest BCUT2D eigenvalue weighted by atomic mass is 16.1. The van der Waals surface area contributed by atoms with E-state index < -0.39 is 0 Å². The van der Waals surface area contributed by atoms with Crippen LogP contribution in [0.25, 0.3) is 0 Å². The lowest BCUT2D eigenvalue weighted by Gasteiger charge is -2.04. The molecule has 1 heterocycles. The van der Waals surface area contributed by atoms with E-state index in [0.717, 1.165) is 11.3 Å². The van der Waals surface area contributed by atoms with Crippen LogP contribution in [0.15, 0.2) is 76.9 Å². The van der Waals surface area contributed by atoms with Crippen LogP contribution in [0.5, 0.6) is 0 Å². The molecular weight excluding hydrogens is 336 g/mol. The molecule has 132 valence electrons. The summed E-state index contributed by atoms with van der Waals surface area (Å²) in [7, 11) is 1.82. The van der Waals surface area contributed by atoms with Crippen LogP contribution in [0.4, 0.5) is 0 Å². The molecule has 0 aliphatic rings. The standard InChI is InChI=1S/C22H18N4O/c1-16-19(13-20(14-23)26(16)2)15-24-25-21(17-9-5-3-6-10-17)22(27)18-11-7-4-8-12-18/h3-13,15H,1-2H3/b24-15-,25-21-. The van der Waals surface area contributed by atoms with Crippen molar-refractivity contribution in [2.45, 2.75) is 6.92 Å². The third-order valence-electron chi connectivity index (χ3n) is 4.34. The lowest BCUT2D eigenvalue weighted by molar-refractivity contribution is 0.106. The van der Waals surface area contributed by atoms with Crippen LogP contribution >= 0.6 is 0 Å². The summed E-state index contributed by atoms with van der Waals surface area (Å²) < 4.78 is 1.79. The fourth-order valence-corrected chi connectivity index (χ4v) is 2.67. The Hall–Kier alpha value is -3.78. The van der Waals surface area contributed by atoms with Crippen molar-refractivity contribution in [1.82, 2.24) is 4.57 Å². The highest BCUT2D eigenvalue weighted by molar-refractivity contribution is 6.51. The molecule has 0 N–H and O–H groups in total. The number of hydrogen-bond donors (Lipinski definition) is 0. The Labute approximate surface area is 157 Å². The molecule has 0 bridgehead atoms. The quantitative estimate of drug-likeness (QED) is 0.396. The zero-order valence-electron chi connectivity index (χ0n) is 15.1. The van der Waals surface area contributed by atoms with Gasteiger partial charge < -0.3 is 4.57 Å². The first-order chi connectivity index (χ1) is 13.1. The van der Waals surface area contributed by atoms with Crippen LogP contribution in [0, 0.1) is 18.3 Å². The van der Waals surface area contributed by atoms with Gasteiger partial charge in [-0.3, -0.25) is 4.79 Å². The van der Waals surface area contributed by atoms with E-state index in [-0.39, 0.29) is 11.5 Å². The number of nitriles is 1. The number of ketones is 1. The summed E-state index contributed by atoms with van der Waals surface area (Å²) in [5, 5.41) is 17.5. The first kappa shape index (κ1) is 18.0. The van der Waals surface area contributed by atoms with Crippen molar-refractivity contribution < 1.29 is 4.79 Å². The van der Waals surface area contributed by atoms with Crippen molar-refractivity contribution in [2.75, 3.05) is 0 Å². The van der Waals surface area contributed by atoms with Crippen LogP contribution in [-0.2, 0) is 7.05 Å². The average Bonchev–Trinajstić information content (AvgIpc) is 3.00. The Balaban J connectivity index is 1.99. The number of rotatable bonds is 5. The predicted molar refractivity (Wildman–Crippen MR) is 106 cm³/mol. The summed E-state index contributed by atoms with van der Waals surface area (Å²) in [6.07, 6.45) is 1.57. The lowest BCUT2D eigenvalue weighted by Crippen LogP contribution is -2.15. The van der Waals surface area contributed by atoms with E-state index in [4.69, 9.17) is 5.26 Å². The van der Waals surface area contributed by atoms with Crippen molar-refractivity contribution in [1.29, 1.82) is 5.26 Å². The molecule has 0 radical (unpaired) electrons. The molecule has 0 aliphatic carbocycles.